The fourth-order valence-electron chi connectivity index (χ4n) is 4.13. The lowest BCUT2D eigenvalue weighted by atomic mass is 9.94. The normalized spacial score (nSPS) is 18.4. The van der Waals surface area contributed by atoms with Crippen molar-refractivity contribution in [3.63, 3.8) is 0 Å². The maximum Gasteiger partial charge on any atom is 0.331 e. The van der Waals surface area contributed by atoms with Crippen molar-refractivity contribution in [1.82, 2.24) is 9.91 Å². The molecular formula is C27H36N4O8. The first kappa shape index (κ1) is 29.5. The van der Waals surface area contributed by atoms with Crippen LogP contribution in [-0.2, 0) is 28.7 Å². The van der Waals surface area contributed by atoms with Crippen LogP contribution in [0.2, 0.25) is 0 Å². The second-order valence-corrected chi connectivity index (χ2v) is 10.6. The van der Waals surface area contributed by atoms with E-state index in [4.69, 9.17) is 19.0 Å². The summed E-state index contributed by atoms with van der Waals surface area (Å²) >= 11 is 0. The Morgan fingerprint density at radius 2 is 1.82 bits per heavy atom. The van der Waals surface area contributed by atoms with E-state index in [1.165, 1.54) is 19.0 Å². The van der Waals surface area contributed by atoms with Gasteiger partial charge in [-0.25, -0.2) is 4.79 Å². The van der Waals surface area contributed by atoms with Crippen LogP contribution in [0.3, 0.4) is 0 Å². The third-order valence-corrected chi connectivity index (χ3v) is 6.37. The third kappa shape index (κ3) is 7.27. The van der Waals surface area contributed by atoms with Gasteiger partial charge in [0.05, 0.1) is 38.6 Å². The minimum absolute atomic E-state index is 0.0477. The molecule has 0 saturated carbocycles. The number of likely N-dealkylation sites (tertiary alicyclic amines) is 1. The monoisotopic (exact) mass is 544 g/mol. The zero-order valence-electron chi connectivity index (χ0n) is 23.4. The summed E-state index contributed by atoms with van der Waals surface area (Å²) in [5.74, 6) is -1.33. The van der Waals surface area contributed by atoms with Crippen LogP contribution in [0.5, 0.6) is 5.75 Å². The summed E-state index contributed by atoms with van der Waals surface area (Å²) in [7, 11) is 4.52. The molecule has 0 N–H and O–H groups in total. The van der Waals surface area contributed by atoms with Crippen molar-refractivity contribution in [3.05, 3.63) is 47.2 Å². The highest BCUT2D eigenvalue weighted by Crippen LogP contribution is 2.30. The molecule has 39 heavy (non-hydrogen) atoms. The fraction of sp³-hybridized carbons (Fsp3) is 0.519. The number of nitrogens with zero attached hydrogens (tertiary/aromatic N) is 4. The second kappa shape index (κ2) is 12.2. The van der Waals surface area contributed by atoms with Crippen molar-refractivity contribution in [1.29, 1.82) is 0 Å². The molecular weight excluding hydrogens is 508 g/mol. The molecule has 1 aliphatic rings. The zero-order valence-corrected chi connectivity index (χ0v) is 23.4. The van der Waals surface area contributed by atoms with E-state index in [0.29, 0.717) is 0 Å². The number of fused-ring (bicyclic) bond motifs is 1. The summed E-state index contributed by atoms with van der Waals surface area (Å²) < 4.78 is 16.1. The van der Waals surface area contributed by atoms with Crippen LogP contribution in [0.25, 0.3) is 10.8 Å². The average molecular weight is 545 g/mol. The van der Waals surface area contributed by atoms with Gasteiger partial charge in [0.15, 0.2) is 0 Å². The van der Waals surface area contributed by atoms with Gasteiger partial charge in [-0.05, 0) is 35.4 Å². The minimum Gasteiger partial charge on any atom is -0.569 e. The summed E-state index contributed by atoms with van der Waals surface area (Å²) in [6.07, 6.45) is -0.635. The van der Waals surface area contributed by atoms with Crippen molar-refractivity contribution < 1.29 is 38.4 Å². The van der Waals surface area contributed by atoms with E-state index < -0.39 is 42.2 Å². The molecule has 0 aliphatic carbocycles. The van der Waals surface area contributed by atoms with Gasteiger partial charge in [-0.2, -0.15) is 5.01 Å². The van der Waals surface area contributed by atoms with Crippen molar-refractivity contribution in [2.75, 3.05) is 34.5 Å². The SMILES string of the molecule is COc1ccc2cc(C(C)C(=O)OC3CC(C(=O)OCO/N=[N+](\[O-])N(C)C)N(C(=O)C(C)(C)C)C3)ccc2c1. The van der Waals surface area contributed by atoms with Gasteiger partial charge in [0.2, 0.25) is 11.2 Å². The van der Waals surface area contributed by atoms with Gasteiger partial charge in [-0.1, -0.05) is 45.0 Å². The summed E-state index contributed by atoms with van der Waals surface area (Å²) in [6.45, 7) is 6.39. The van der Waals surface area contributed by atoms with E-state index in [0.717, 1.165) is 27.1 Å². The molecule has 0 spiro atoms. The Morgan fingerprint density at radius 1 is 1.15 bits per heavy atom. The number of carbonyl (C=O) groups excluding carboxylic acids is 3. The molecule has 12 nitrogen and oxygen atoms in total. The Bertz CT molecular complexity index is 1240. The molecule has 1 amide bonds. The number of ether oxygens (including phenoxy) is 3. The van der Waals surface area contributed by atoms with Crippen molar-refractivity contribution in [2.45, 2.75) is 52.2 Å². The third-order valence-electron chi connectivity index (χ3n) is 6.37. The molecule has 3 atom stereocenters. The van der Waals surface area contributed by atoms with Crippen LogP contribution in [0.1, 0.15) is 45.6 Å². The first-order valence-electron chi connectivity index (χ1n) is 12.5. The number of hydrogen-bond acceptors (Lipinski definition) is 9. The van der Waals surface area contributed by atoms with E-state index in [1.54, 1.807) is 34.8 Å². The molecule has 1 fully saturated rings. The number of esters is 2. The number of amides is 1. The largest absolute Gasteiger partial charge is 0.569 e. The van der Waals surface area contributed by atoms with Crippen LogP contribution in [0, 0.1) is 10.6 Å². The Balaban J connectivity index is 1.68. The molecule has 2 aromatic carbocycles. The predicted octanol–water partition coefficient (Wildman–Crippen LogP) is 3.38. The van der Waals surface area contributed by atoms with Gasteiger partial charge < -0.3 is 29.2 Å². The number of hydrogen-bond donors (Lipinski definition) is 0. The topological polar surface area (TPSA) is 133 Å². The fourth-order valence-corrected chi connectivity index (χ4v) is 4.13. The predicted molar refractivity (Wildman–Crippen MR) is 140 cm³/mol. The van der Waals surface area contributed by atoms with Gasteiger partial charge in [-0.15, -0.1) is 0 Å². The molecule has 0 radical (unpaired) electrons. The van der Waals surface area contributed by atoms with Gasteiger partial charge >= 0.3 is 11.9 Å². The molecule has 0 aromatic heterocycles. The average Bonchev–Trinajstić information content (AvgIpc) is 3.32. The highest BCUT2D eigenvalue weighted by atomic mass is 16.8. The van der Waals surface area contributed by atoms with E-state index >= 15 is 0 Å². The highest BCUT2D eigenvalue weighted by molar-refractivity contribution is 5.89. The van der Waals surface area contributed by atoms with Crippen molar-refractivity contribution >= 4 is 28.6 Å². The smallest absolute Gasteiger partial charge is 0.331 e. The molecule has 3 unspecified atom stereocenters. The number of carbonyl (C=O) groups is 3. The summed E-state index contributed by atoms with van der Waals surface area (Å²) in [4.78, 5) is 45.3. The quantitative estimate of drug-likeness (QED) is 0.116. The van der Waals surface area contributed by atoms with Crippen LogP contribution in [0.4, 0.5) is 0 Å². The lowest BCUT2D eigenvalue weighted by Crippen LogP contribution is -2.46. The lowest BCUT2D eigenvalue weighted by molar-refractivity contribution is -0.700. The standard InChI is InChI=1S/C27H36N4O8/c1-17(18-8-9-20-13-21(36-7)11-10-19(20)12-18)24(32)39-22-14-23(30(15-22)26(34)27(2,3)4)25(33)37-16-38-28-31(35)29(5)6/h8-13,17,22-23H,14-16H2,1-7H3/b31-28-. The molecule has 212 valence electrons. The molecule has 1 heterocycles. The first-order valence-corrected chi connectivity index (χ1v) is 12.5. The van der Waals surface area contributed by atoms with E-state index in [9.17, 15) is 19.6 Å². The zero-order chi connectivity index (χ0) is 28.9. The number of benzene rings is 2. The van der Waals surface area contributed by atoms with Crippen molar-refractivity contribution in [3.8, 4) is 5.75 Å². The number of rotatable bonds is 9. The lowest BCUT2D eigenvalue weighted by Gasteiger charge is -2.29. The van der Waals surface area contributed by atoms with Crippen molar-refractivity contribution in [2.24, 2.45) is 10.7 Å². The second-order valence-electron chi connectivity index (χ2n) is 10.6. The molecule has 1 aliphatic heterocycles. The summed E-state index contributed by atoms with van der Waals surface area (Å²) in [6, 6.07) is 10.4. The molecule has 3 rings (SSSR count). The Labute approximate surface area is 227 Å². The summed E-state index contributed by atoms with van der Waals surface area (Å²) in [5, 5.41) is 17.7. The number of methoxy groups -OCH3 is 1. The van der Waals surface area contributed by atoms with Crippen LogP contribution < -0.4 is 4.74 Å². The van der Waals surface area contributed by atoms with Gasteiger partial charge in [0, 0.05) is 11.8 Å². The van der Waals surface area contributed by atoms with Gasteiger partial charge in [-0.3, -0.25) is 9.59 Å². The van der Waals surface area contributed by atoms with Crippen LogP contribution in [-0.4, -0.2) is 79.4 Å². The highest BCUT2D eigenvalue weighted by Gasteiger charge is 2.45. The Hall–Kier alpha value is -4.09. The van der Waals surface area contributed by atoms with E-state index in [1.807, 2.05) is 36.4 Å². The maximum absolute atomic E-state index is 13.1. The molecule has 2 aromatic rings. The molecule has 0 bridgehead atoms. The number of hydrazine groups is 1. The maximum atomic E-state index is 13.1. The first-order chi connectivity index (χ1) is 18.3. The van der Waals surface area contributed by atoms with E-state index in [2.05, 4.69) is 5.28 Å². The molecule has 1 saturated heterocycles. The summed E-state index contributed by atoms with van der Waals surface area (Å²) in [5.41, 5.74) is -0.000627. The van der Waals surface area contributed by atoms with Gasteiger partial charge in [0.1, 0.15) is 17.9 Å². The van der Waals surface area contributed by atoms with E-state index in [-0.39, 0.29) is 23.8 Å². The minimum atomic E-state index is -0.985. The Morgan fingerprint density at radius 3 is 2.46 bits per heavy atom. The molecule has 12 heteroatoms. The van der Waals surface area contributed by atoms with Crippen LogP contribution >= 0.6 is 0 Å². The van der Waals surface area contributed by atoms with Crippen LogP contribution in [0.15, 0.2) is 41.7 Å². The van der Waals surface area contributed by atoms with Gasteiger partial charge in [0.25, 0.3) is 6.79 Å². The Kier molecular flexibility index (Phi) is 9.20.